The molecule has 2 rings (SSSR count). The van der Waals surface area contributed by atoms with Gasteiger partial charge in [0, 0.05) is 25.2 Å². The zero-order valence-corrected chi connectivity index (χ0v) is 10.7. The summed E-state index contributed by atoms with van der Waals surface area (Å²) < 4.78 is 5.81. The largest absolute Gasteiger partial charge is 0.374 e. The van der Waals surface area contributed by atoms with Crippen molar-refractivity contribution in [3.8, 4) is 0 Å². The molecule has 2 aliphatic rings. The van der Waals surface area contributed by atoms with Crippen LogP contribution in [0.15, 0.2) is 0 Å². The van der Waals surface area contributed by atoms with Crippen LogP contribution < -0.4 is 11.1 Å². The van der Waals surface area contributed by atoms with Crippen molar-refractivity contribution >= 4 is 0 Å². The summed E-state index contributed by atoms with van der Waals surface area (Å²) in [5, 5.41) is 3.71. The molecule has 1 saturated carbocycles. The van der Waals surface area contributed by atoms with E-state index >= 15 is 0 Å². The average molecular weight is 226 g/mol. The van der Waals surface area contributed by atoms with Crippen LogP contribution >= 0.6 is 0 Å². The van der Waals surface area contributed by atoms with Crippen LogP contribution in [-0.4, -0.2) is 30.8 Å². The summed E-state index contributed by atoms with van der Waals surface area (Å²) in [6.07, 6.45) is 6.13. The summed E-state index contributed by atoms with van der Waals surface area (Å²) in [5.74, 6) is 0.813. The molecule has 16 heavy (non-hydrogen) atoms. The van der Waals surface area contributed by atoms with Gasteiger partial charge in [0.1, 0.15) is 0 Å². The molecule has 0 spiro atoms. The number of rotatable bonds is 4. The quantitative estimate of drug-likeness (QED) is 0.766. The Morgan fingerprint density at radius 1 is 1.44 bits per heavy atom. The number of nitrogens with two attached hydrogens (primary N) is 1. The van der Waals surface area contributed by atoms with Gasteiger partial charge in [-0.15, -0.1) is 0 Å². The molecule has 0 radical (unpaired) electrons. The Morgan fingerprint density at radius 3 is 2.75 bits per heavy atom. The fraction of sp³-hybridized carbons (Fsp3) is 1.00. The fourth-order valence-electron chi connectivity index (χ4n) is 3.16. The summed E-state index contributed by atoms with van der Waals surface area (Å²) in [6, 6.07) is 0. The van der Waals surface area contributed by atoms with E-state index in [9.17, 15) is 0 Å². The van der Waals surface area contributed by atoms with Crippen molar-refractivity contribution in [1.29, 1.82) is 0 Å². The Labute approximate surface area is 99.1 Å². The number of ether oxygens (including phenoxy) is 1. The van der Waals surface area contributed by atoms with Crippen LogP contribution in [-0.2, 0) is 4.74 Å². The second kappa shape index (κ2) is 4.63. The van der Waals surface area contributed by atoms with Crippen LogP contribution in [0.2, 0.25) is 0 Å². The first-order valence-electron chi connectivity index (χ1n) is 6.67. The summed E-state index contributed by atoms with van der Waals surface area (Å²) in [4.78, 5) is 0. The number of hydrogen-bond acceptors (Lipinski definition) is 3. The van der Waals surface area contributed by atoms with Crippen molar-refractivity contribution in [2.75, 3.05) is 19.7 Å². The van der Waals surface area contributed by atoms with Crippen LogP contribution in [0, 0.1) is 5.92 Å². The third-order valence-electron chi connectivity index (χ3n) is 4.38. The lowest BCUT2D eigenvalue weighted by Gasteiger charge is -2.34. The normalized spacial score (nSPS) is 44.1. The van der Waals surface area contributed by atoms with Crippen molar-refractivity contribution in [1.82, 2.24) is 5.32 Å². The van der Waals surface area contributed by atoms with Crippen LogP contribution in [0.25, 0.3) is 0 Å². The molecule has 1 aliphatic carbocycles. The van der Waals surface area contributed by atoms with Gasteiger partial charge in [-0.3, -0.25) is 0 Å². The maximum Gasteiger partial charge on any atom is 0.0779 e. The molecule has 0 aromatic rings. The van der Waals surface area contributed by atoms with Crippen molar-refractivity contribution < 1.29 is 4.74 Å². The van der Waals surface area contributed by atoms with Crippen molar-refractivity contribution in [3.05, 3.63) is 0 Å². The maximum absolute atomic E-state index is 5.96. The molecule has 3 nitrogen and oxygen atoms in total. The van der Waals surface area contributed by atoms with Crippen molar-refractivity contribution in [3.63, 3.8) is 0 Å². The van der Waals surface area contributed by atoms with Gasteiger partial charge in [-0.2, -0.15) is 0 Å². The van der Waals surface area contributed by atoms with Gasteiger partial charge in [-0.1, -0.05) is 6.92 Å². The third kappa shape index (κ3) is 2.58. The predicted octanol–water partition coefficient (Wildman–Crippen LogP) is 1.66. The summed E-state index contributed by atoms with van der Waals surface area (Å²) in [6.45, 7) is 7.18. The van der Waals surface area contributed by atoms with E-state index in [2.05, 4.69) is 19.2 Å². The molecule has 1 saturated heterocycles. The molecule has 0 aromatic carbocycles. The lowest BCUT2D eigenvalue weighted by molar-refractivity contribution is 0.0144. The smallest absolute Gasteiger partial charge is 0.0779 e. The van der Waals surface area contributed by atoms with Gasteiger partial charge >= 0.3 is 0 Å². The minimum atomic E-state index is 0.0496. The molecule has 0 bridgehead atoms. The van der Waals surface area contributed by atoms with Crippen LogP contribution in [0.5, 0.6) is 0 Å². The van der Waals surface area contributed by atoms with Crippen LogP contribution in [0.4, 0.5) is 0 Å². The minimum Gasteiger partial charge on any atom is -0.374 e. The second-order valence-corrected chi connectivity index (χ2v) is 6.09. The molecular weight excluding hydrogens is 200 g/mol. The Bertz CT molecular complexity index is 238. The Hall–Kier alpha value is -0.120. The summed E-state index contributed by atoms with van der Waals surface area (Å²) in [5.41, 5.74) is 6.19. The van der Waals surface area contributed by atoms with E-state index < -0.39 is 0 Å². The average Bonchev–Trinajstić information content (AvgIpc) is 2.85. The summed E-state index contributed by atoms with van der Waals surface area (Å²) in [7, 11) is 0. The molecule has 2 fully saturated rings. The number of hydrogen-bond donors (Lipinski definition) is 2. The maximum atomic E-state index is 5.96. The number of nitrogens with one attached hydrogen (secondary N) is 1. The topological polar surface area (TPSA) is 47.3 Å². The van der Waals surface area contributed by atoms with E-state index in [1.54, 1.807) is 0 Å². The van der Waals surface area contributed by atoms with E-state index in [-0.39, 0.29) is 11.1 Å². The Balaban J connectivity index is 1.87. The predicted molar refractivity (Wildman–Crippen MR) is 66.4 cm³/mol. The molecule has 0 amide bonds. The van der Waals surface area contributed by atoms with Gasteiger partial charge in [0.2, 0.25) is 0 Å². The standard InChI is InChI=1S/C13H26N2O/c1-11-4-6-13(8-11,9-14)15-10-12(2)5-3-7-16-12/h11,15H,3-10,14H2,1-2H3. The zero-order valence-electron chi connectivity index (χ0n) is 10.7. The van der Waals surface area contributed by atoms with E-state index in [4.69, 9.17) is 10.5 Å². The zero-order chi connectivity index (χ0) is 11.6. The van der Waals surface area contributed by atoms with Gasteiger partial charge in [0.25, 0.3) is 0 Å². The Kier molecular flexibility index (Phi) is 3.57. The van der Waals surface area contributed by atoms with Gasteiger partial charge in [-0.25, -0.2) is 0 Å². The van der Waals surface area contributed by atoms with E-state index in [0.717, 1.165) is 25.6 Å². The minimum absolute atomic E-state index is 0.0496. The van der Waals surface area contributed by atoms with Crippen LogP contribution in [0.3, 0.4) is 0 Å². The molecule has 3 N–H and O–H groups in total. The van der Waals surface area contributed by atoms with Gasteiger partial charge in [0.05, 0.1) is 5.60 Å². The van der Waals surface area contributed by atoms with Crippen molar-refractivity contribution in [2.24, 2.45) is 11.7 Å². The highest BCUT2D eigenvalue weighted by Gasteiger charge is 2.38. The molecule has 94 valence electrons. The monoisotopic (exact) mass is 226 g/mol. The highest BCUT2D eigenvalue weighted by Crippen LogP contribution is 2.34. The molecule has 3 heteroatoms. The van der Waals surface area contributed by atoms with E-state index in [0.29, 0.717) is 0 Å². The molecular formula is C13H26N2O. The highest BCUT2D eigenvalue weighted by molar-refractivity contribution is 4.98. The van der Waals surface area contributed by atoms with Crippen molar-refractivity contribution in [2.45, 2.75) is 57.1 Å². The van der Waals surface area contributed by atoms with Gasteiger partial charge in [-0.05, 0) is 44.9 Å². The van der Waals surface area contributed by atoms with Gasteiger partial charge in [0.15, 0.2) is 0 Å². The molecule has 3 atom stereocenters. The lowest BCUT2D eigenvalue weighted by Crippen LogP contribution is -2.54. The third-order valence-corrected chi connectivity index (χ3v) is 4.38. The Morgan fingerprint density at radius 2 is 2.25 bits per heavy atom. The fourth-order valence-corrected chi connectivity index (χ4v) is 3.16. The first kappa shape index (κ1) is 12.3. The van der Waals surface area contributed by atoms with Gasteiger partial charge < -0.3 is 15.8 Å². The molecule has 3 unspecified atom stereocenters. The first-order chi connectivity index (χ1) is 7.58. The molecule has 0 aromatic heterocycles. The SMILES string of the molecule is CC1CCC(CN)(NCC2(C)CCCO2)C1. The van der Waals surface area contributed by atoms with E-state index in [1.165, 1.54) is 32.1 Å². The van der Waals surface area contributed by atoms with Crippen LogP contribution in [0.1, 0.15) is 46.0 Å². The molecule has 1 heterocycles. The summed E-state index contributed by atoms with van der Waals surface area (Å²) >= 11 is 0. The second-order valence-electron chi connectivity index (χ2n) is 6.09. The molecule has 1 aliphatic heterocycles. The lowest BCUT2D eigenvalue weighted by atomic mass is 9.94. The highest BCUT2D eigenvalue weighted by atomic mass is 16.5. The van der Waals surface area contributed by atoms with E-state index in [1.807, 2.05) is 0 Å². The first-order valence-corrected chi connectivity index (χ1v) is 6.67.